The highest BCUT2D eigenvalue weighted by Gasteiger charge is 2.27. The second-order valence-electron chi connectivity index (χ2n) is 5.63. The molecule has 1 heterocycles. The van der Waals surface area contributed by atoms with Gasteiger partial charge in [-0.1, -0.05) is 13.3 Å². The topological polar surface area (TPSA) is 58.4 Å². The third kappa shape index (κ3) is 3.96. The third-order valence-corrected chi connectivity index (χ3v) is 3.96. The largest absolute Gasteiger partial charge is 0.369 e. The minimum absolute atomic E-state index is 0.0310. The highest BCUT2D eigenvalue weighted by molar-refractivity contribution is 5.76. The molecule has 1 saturated heterocycles. The van der Waals surface area contributed by atoms with Crippen molar-refractivity contribution in [2.45, 2.75) is 51.1 Å². The number of carbonyl (C=O) groups is 1. The molecule has 2 atom stereocenters. The van der Waals surface area contributed by atoms with Crippen molar-refractivity contribution in [2.24, 2.45) is 11.7 Å². The van der Waals surface area contributed by atoms with Gasteiger partial charge in [0.15, 0.2) is 0 Å². The molecule has 1 aliphatic heterocycles. The summed E-state index contributed by atoms with van der Waals surface area (Å²) in [5.41, 5.74) is 5.35. The van der Waals surface area contributed by atoms with Gasteiger partial charge >= 0.3 is 0 Å². The van der Waals surface area contributed by atoms with Gasteiger partial charge in [-0.05, 0) is 32.2 Å². The number of hydrogen-bond donors (Lipinski definition) is 2. The lowest BCUT2D eigenvalue weighted by Crippen LogP contribution is -2.48. The third-order valence-electron chi connectivity index (χ3n) is 3.96. The van der Waals surface area contributed by atoms with E-state index < -0.39 is 0 Å². The Morgan fingerprint density at radius 1 is 1.41 bits per heavy atom. The first-order valence-corrected chi connectivity index (χ1v) is 6.93. The molecule has 1 saturated carbocycles. The van der Waals surface area contributed by atoms with Crippen LogP contribution in [0.3, 0.4) is 0 Å². The summed E-state index contributed by atoms with van der Waals surface area (Å²) in [4.78, 5) is 13.6. The van der Waals surface area contributed by atoms with Crippen molar-refractivity contribution in [1.82, 2.24) is 10.2 Å². The number of likely N-dealkylation sites (tertiary alicyclic amines) is 1. The van der Waals surface area contributed by atoms with E-state index in [1.54, 1.807) is 0 Å². The van der Waals surface area contributed by atoms with Crippen molar-refractivity contribution < 1.29 is 4.79 Å². The van der Waals surface area contributed by atoms with E-state index in [-0.39, 0.29) is 11.8 Å². The molecule has 0 aromatic heterocycles. The molecule has 3 N–H and O–H groups in total. The van der Waals surface area contributed by atoms with Crippen molar-refractivity contribution in [1.29, 1.82) is 0 Å². The van der Waals surface area contributed by atoms with E-state index in [0.29, 0.717) is 6.04 Å². The van der Waals surface area contributed by atoms with Gasteiger partial charge in [-0.2, -0.15) is 0 Å². The summed E-state index contributed by atoms with van der Waals surface area (Å²) in [6.45, 7) is 4.96. The van der Waals surface area contributed by atoms with E-state index in [2.05, 4.69) is 10.2 Å². The van der Waals surface area contributed by atoms with Gasteiger partial charge in [-0.25, -0.2) is 0 Å². The SMILES string of the molecule is CC(CN1CCCCC1CNC1CC1)C(N)=O. The Morgan fingerprint density at radius 3 is 2.82 bits per heavy atom. The molecule has 17 heavy (non-hydrogen) atoms. The molecule has 4 heteroatoms. The van der Waals surface area contributed by atoms with Gasteiger partial charge in [0.05, 0.1) is 0 Å². The van der Waals surface area contributed by atoms with Crippen LogP contribution in [0.5, 0.6) is 0 Å². The second kappa shape index (κ2) is 5.83. The zero-order chi connectivity index (χ0) is 12.3. The molecular formula is C13H25N3O. The Balaban J connectivity index is 1.79. The Kier molecular flexibility index (Phi) is 4.40. The highest BCUT2D eigenvalue weighted by atomic mass is 16.1. The van der Waals surface area contributed by atoms with E-state index in [4.69, 9.17) is 5.73 Å². The number of amides is 1. The smallest absolute Gasteiger partial charge is 0.221 e. The van der Waals surface area contributed by atoms with Crippen LogP contribution in [0.15, 0.2) is 0 Å². The van der Waals surface area contributed by atoms with Gasteiger partial charge in [0.2, 0.25) is 5.91 Å². The zero-order valence-electron chi connectivity index (χ0n) is 10.8. The Morgan fingerprint density at radius 2 is 2.18 bits per heavy atom. The van der Waals surface area contributed by atoms with Crippen LogP contribution in [-0.4, -0.2) is 42.5 Å². The lowest BCUT2D eigenvalue weighted by Gasteiger charge is -2.37. The zero-order valence-corrected chi connectivity index (χ0v) is 10.8. The van der Waals surface area contributed by atoms with E-state index in [0.717, 1.165) is 25.7 Å². The summed E-state index contributed by atoms with van der Waals surface area (Å²) in [7, 11) is 0. The monoisotopic (exact) mass is 239 g/mol. The molecule has 0 bridgehead atoms. The van der Waals surface area contributed by atoms with Crippen molar-refractivity contribution in [3.05, 3.63) is 0 Å². The van der Waals surface area contributed by atoms with E-state index in [9.17, 15) is 4.79 Å². The first kappa shape index (κ1) is 12.8. The predicted molar refractivity (Wildman–Crippen MR) is 68.6 cm³/mol. The van der Waals surface area contributed by atoms with Gasteiger partial charge in [-0.15, -0.1) is 0 Å². The standard InChI is InChI=1S/C13H25N3O/c1-10(13(14)17)9-16-7-3-2-4-12(16)8-15-11-5-6-11/h10-12,15H,2-9H2,1H3,(H2,14,17). The second-order valence-corrected chi connectivity index (χ2v) is 5.63. The number of hydrogen-bond acceptors (Lipinski definition) is 3. The maximum absolute atomic E-state index is 11.1. The van der Waals surface area contributed by atoms with Gasteiger partial charge < -0.3 is 11.1 Å². The van der Waals surface area contributed by atoms with Crippen LogP contribution in [0.2, 0.25) is 0 Å². The normalized spacial score (nSPS) is 27.9. The molecule has 2 unspecified atom stereocenters. The van der Waals surface area contributed by atoms with Crippen molar-refractivity contribution in [3.8, 4) is 0 Å². The maximum Gasteiger partial charge on any atom is 0.221 e. The Hall–Kier alpha value is -0.610. The minimum Gasteiger partial charge on any atom is -0.369 e. The first-order chi connectivity index (χ1) is 8.16. The van der Waals surface area contributed by atoms with E-state index in [1.807, 2.05) is 6.92 Å². The quantitative estimate of drug-likeness (QED) is 0.718. The van der Waals surface area contributed by atoms with Crippen molar-refractivity contribution in [3.63, 3.8) is 0 Å². The Labute approximate surface area is 104 Å². The Bertz CT molecular complexity index is 265. The average Bonchev–Trinajstić information content (AvgIpc) is 3.11. The van der Waals surface area contributed by atoms with Crippen LogP contribution in [0.4, 0.5) is 0 Å². The van der Waals surface area contributed by atoms with Crippen LogP contribution in [-0.2, 0) is 4.79 Å². The number of rotatable bonds is 6. The maximum atomic E-state index is 11.1. The molecular weight excluding hydrogens is 214 g/mol. The molecule has 98 valence electrons. The van der Waals surface area contributed by atoms with Gasteiger partial charge in [0.1, 0.15) is 0 Å². The van der Waals surface area contributed by atoms with Crippen LogP contribution < -0.4 is 11.1 Å². The fourth-order valence-electron chi connectivity index (χ4n) is 2.56. The molecule has 0 radical (unpaired) electrons. The molecule has 4 nitrogen and oxygen atoms in total. The number of primary amides is 1. The molecule has 0 spiro atoms. The number of nitrogens with two attached hydrogens (primary N) is 1. The lowest BCUT2D eigenvalue weighted by molar-refractivity contribution is -0.122. The van der Waals surface area contributed by atoms with Gasteiger partial charge in [0, 0.05) is 31.1 Å². The molecule has 0 aromatic carbocycles. The molecule has 2 aliphatic rings. The van der Waals surface area contributed by atoms with Crippen molar-refractivity contribution in [2.75, 3.05) is 19.6 Å². The number of nitrogens with one attached hydrogen (secondary N) is 1. The average molecular weight is 239 g/mol. The van der Waals surface area contributed by atoms with Crippen LogP contribution >= 0.6 is 0 Å². The molecule has 1 aliphatic carbocycles. The number of carbonyl (C=O) groups excluding carboxylic acids is 1. The highest BCUT2D eigenvalue weighted by Crippen LogP contribution is 2.21. The fourth-order valence-corrected chi connectivity index (χ4v) is 2.56. The first-order valence-electron chi connectivity index (χ1n) is 6.93. The van der Waals surface area contributed by atoms with Crippen LogP contribution in [0.25, 0.3) is 0 Å². The molecule has 2 rings (SSSR count). The predicted octanol–water partition coefficient (Wildman–Crippen LogP) is 0.714. The number of piperidine rings is 1. The molecule has 2 fully saturated rings. The van der Waals surface area contributed by atoms with Gasteiger partial charge in [0.25, 0.3) is 0 Å². The summed E-state index contributed by atoms with van der Waals surface area (Å²) in [5.74, 6) is -0.207. The molecule has 0 aromatic rings. The number of nitrogens with zero attached hydrogens (tertiary/aromatic N) is 1. The summed E-state index contributed by atoms with van der Waals surface area (Å²) < 4.78 is 0. The van der Waals surface area contributed by atoms with Crippen molar-refractivity contribution >= 4 is 5.91 Å². The van der Waals surface area contributed by atoms with Crippen LogP contribution in [0, 0.1) is 5.92 Å². The van der Waals surface area contributed by atoms with Gasteiger partial charge in [-0.3, -0.25) is 9.69 Å². The summed E-state index contributed by atoms with van der Waals surface area (Å²) >= 11 is 0. The van der Waals surface area contributed by atoms with E-state index in [1.165, 1.54) is 32.1 Å². The van der Waals surface area contributed by atoms with Crippen LogP contribution in [0.1, 0.15) is 39.0 Å². The summed E-state index contributed by atoms with van der Waals surface area (Å²) in [6.07, 6.45) is 6.50. The fraction of sp³-hybridized carbons (Fsp3) is 0.923. The summed E-state index contributed by atoms with van der Waals surface area (Å²) in [5, 5.41) is 3.60. The summed E-state index contributed by atoms with van der Waals surface area (Å²) in [6, 6.07) is 1.37. The molecule has 1 amide bonds. The lowest BCUT2D eigenvalue weighted by atomic mass is 10.00. The minimum atomic E-state index is -0.176. The van der Waals surface area contributed by atoms with E-state index >= 15 is 0 Å².